The highest BCUT2D eigenvalue weighted by Crippen LogP contribution is 2.31. The van der Waals surface area contributed by atoms with Gasteiger partial charge >= 0.3 is 6.18 Å². The molecular formula is C19H15F3N6O. The standard InChI is InChI=1S/C19H15F3N6O/c20-19(21,22)12-4-1-5-13(10-12)25-18-26-17(27-28-18)15-7-2-8-23-16(15)24-11-14-6-3-9-29-14/h1-10H,11H2,(H,23,24)(H2,25,26,27,28). The zero-order chi connectivity index (χ0) is 20.3. The van der Waals surface area contributed by atoms with Gasteiger partial charge in [0.15, 0.2) is 5.82 Å². The summed E-state index contributed by atoms with van der Waals surface area (Å²) in [5, 5.41) is 12.7. The number of halogens is 3. The molecule has 0 amide bonds. The lowest BCUT2D eigenvalue weighted by atomic mass is 10.2. The number of alkyl halides is 3. The number of anilines is 3. The maximum atomic E-state index is 12.9. The Bertz CT molecular complexity index is 1090. The molecule has 0 saturated heterocycles. The SMILES string of the molecule is FC(F)(F)c1cccc(Nc2n[nH]c(-c3cccnc3NCc3ccco3)n2)c1. The number of benzene rings is 1. The minimum absolute atomic E-state index is 0.139. The molecule has 0 radical (unpaired) electrons. The fourth-order valence-electron chi connectivity index (χ4n) is 2.66. The summed E-state index contributed by atoms with van der Waals surface area (Å²) in [5.41, 5.74) is 0.131. The van der Waals surface area contributed by atoms with Crippen molar-refractivity contribution < 1.29 is 17.6 Å². The molecule has 3 aromatic heterocycles. The van der Waals surface area contributed by atoms with Gasteiger partial charge in [-0.1, -0.05) is 6.07 Å². The molecule has 4 rings (SSSR count). The molecule has 7 nitrogen and oxygen atoms in total. The molecule has 0 atom stereocenters. The first kappa shape index (κ1) is 18.5. The van der Waals surface area contributed by atoms with Crippen LogP contribution in [-0.4, -0.2) is 20.2 Å². The van der Waals surface area contributed by atoms with Gasteiger partial charge in [0.25, 0.3) is 0 Å². The molecular weight excluding hydrogens is 385 g/mol. The van der Waals surface area contributed by atoms with Crippen molar-refractivity contribution in [2.75, 3.05) is 10.6 Å². The number of aromatic nitrogens is 4. The number of pyridine rings is 1. The Hall–Kier alpha value is -3.82. The van der Waals surface area contributed by atoms with Crippen LogP contribution in [0.4, 0.5) is 30.6 Å². The van der Waals surface area contributed by atoms with Gasteiger partial charge < -0.3 is 15.1 Å². The van der Waals surface area contributed by atoms with Crippen LogP contribution in [0.25, 0.3) is 11.4 Å². The molecule has 0 aliphatic heterocycles. The molecule has 0 spiro atoms. The van der Waals surface area contributed by atoms with E-state index in [-0.39, 0.29) is 11.6 Å². The minimum atomic E-state index is -4.42. The van der Waals surface area contributed by atoms with Crippen molar-refractivity contribution in [1.82, 2.24) is 20.2 Å². The van der Waals surface area contributed by atoms with Crippen LogP contribution >= 0.6 is 0 Å². The van der Waals surface area contributed by atoms with Crippen LogP contribution in [0.15, 0.2) is 65.4 Å². The van der Waals surface area contributed by atoms with Crippen LogP contribution in [0.1, 0.15) is 11.3 Å². The first-order chi connectivity index (χ1) is 14.0. The van der Waals surface area contributed by atoms with E-state index in [1.54, 1.807) is 30.7 Å². The van der Waals surface area contributed by atoms with Crippen LogP contribution in [0.2, 0.25) is 0 Å². The molecule has 0 saturated carbocycles. The smallest absolute Gasteiger partial charge is 0.416 e. The van der Waals surface area contributed by atoms with E-state index in [0.717, 1.165) is 17.9 Å². The minimum Gasteiger partial charge on any atom is -0.467 e. The Morgan fingerprint density at radius 1 is 1.07 bits per heavy atom. The molecule has 3 N–H and O–H groups in total. The number of nitrogens with zero attached hydrogens (tertiary/aromatic N) is 3. The summed E-state index contributed by atoms with van der Waals surface area (Å²) in [7, 11) is 0. The van der Waals surface area contributed by atoms with E-state index in [0.29, 0.717) is 23.8 Å². The maximum absolute atomic E-state index is 12.9. The van der Waals surface area contributed by atoms with E-state index in [1.807, 2.05) is 6.07 Å². The summed E-state index contributed by atoms with van der Waals surface area (Å²) >= 11 is 0. The normalized spacial score (nSPS) is 11.4. The molecule has 29 heavy (non-hydrogen) atoms. The summed E-state index contributed by atoms with van der Waals surface area (Å²) in [6, 6.07) is 12.0. The van der Waals surface area contributed by atoms with Crippen molar-refractivity contribution in [3.8, 4) is 11.4 Å². The van der Waals surface area contributed by atoms with Gasteiger partial charge in [-0.3, -0.25) is 5.10 Å². The van der Waals surface area contributed by atoms with Gasteiger partial charge in [-0.15, -0.1) is 5.10 Å². The van der Waals surface area contributed by atoms with E-state index in [9.17, 15) is 13.2 Å². The summed E-state index contributed by atoms with van der Waals surface area (Å²) in [5.74, 6) is 1.85. The molecule has 0 fully saturated rings. The van der Waals surface area contributed by atoms with Crippen LogP contribution in [-0.2, 0) is 12.7 Å². The fourth-order valence-corrected chi connectivity index (χ4v) is 2.66. The third kappa shape index (κ3) is 4.37. The highest BCUT2D eigenvalue weighted by molar-refractivity contribution is 5.70. The van der Waals surface area contributed by atoms with Crippen LogP contribution in [0, 0.1) is 0 Å². The number of hydrogen-bond donors (Lipinski definition) is 3. The highest BCUT2D eigenvalue weighted by atomic mass is 19.4. The molecule has 148 valence electrons. The Kier molecular flexibility index (Phi) is 4.90. The molecule has 0 aliphatic rings. The predicted octanol–water partition coefficient (Wildman–Crippen LogP) is 4.83. The number of nitrogens with one attached hydrogen (secondary N) is 3. The first-order valence-electron chi connectivity index (χ1n) is 8.57. The number of H-pyrrole nitrogens is 1. The van der Waals surface area contributed by atoms with Gasteiger partial charge in [0.2, 0.25) is 5.95 Å². The van der Waals surface area contributed by atoms with E-state index >= 15 is 0 Å². The molecule has 3 heterocycles. The van der Waals surface area contributed by atoms with Gasteiger partial charge in [-0.25, -0.2) is 4.98 Å². The first-order valence-corrected chi connectivity index (χ1v) is 8.57. The maximum Gasteiger partial charge on any atom is 0.416 e. The second kappa shape index (κ2) is 7.66. The van der Waals surface area contributed by atoms with Crippen molar-refractivity contribution in [2.24, 2.45) is 0 Å². The molecule has 1 aromatic carbocycles. The summed E-state index contributed by atoms with van der Waals surface area (Å²) < 4.78 is 43.9. The van der Waals surface area contributed by atoms with Gasteiger partial charge in [0.05, 0.1) is 23.9 Å². The molecule has 10 heteroatoms. The molecule has 0 aliphatic carbocycles. The van der Waals surface area contributed by atoms with E-state index in [1.165, 1.54) is 12.1 Å². The second-order valence-corrected chi connectivity index (χ2v) is 6.04. The van der Waals surface area contributed by atoms with Gasteiger partial charge in [0.1, 0.15) is 11.6 Å². The van der Waals surface area contributed by atoms with Crippen LogP contribution < -0.4 is 10.6 Å². The Balaban J connectivity index is 1.52. The van der Waals surface area contributed by atoms with E-state index in [4.69, 9.17) is 4.42 Å². The number of hydrogen-bond acceptors (Lipinski definition) is 6. The molecule has 0 bridgehead atoms. The van der Waals surface area contributed by atoms with Crippen molar-refractivity contribution in [3.05, 3.63) is 72.3 Å². The second-order valence-electron chi connectivity index (χ2n) is 6.04. The summed E-state index contributed by atoms with van der Waals surface area (Å²) in [4.78, 5) is 8.61. The number of furan rings is 1. The Labute approximate surface area is 163 Å². The Morgan fingerprint density at radius 2 is 1.97 bits per heavy atom. The van der Waals surface area contributed by atoms with Gasteiger partial charge in [-0.05, 0) is 42.5 Å². The third-order valence-electron chi connectivity index (χ3n) is 4.00. The molecule has 4 aromatic rings. The van der Waals surface area contributed by atoms with Gasteiger partial charge in [-0.2, -0.15) is 18.2 Å². The number of aromatic amines is 1. The third-order valence-corrected chi connectivity index (χ3v) is 4.00. The van der Waals surface area contributed by atoms with Crippen molar-refractivity contribution in [1.29, 1.82) is 0 Å². The number of rotatable bonds is 6. The lowest BCUT2D eigenvalue weighted by molar-refractivity contribution is -0.137. The molecule has 0 unspecified atom stereocenters. The Morgan fingerprint density at radius 3 is 2.76 bits per heavy atom. The lowest BCUT2D eigenvalue weighted by Gasteiger charge is -2.08. The zero-order valence-corrected chi connectivity index (χ0v) is 14.9. The lowest BCUT2D eigenvalue weighted by Crippen LogP contribution is -2.05. The van der Waals surface area contributed by atoms with Crippen LogP contribution in [0.3, 0.4) is 0 Å². The largest absolute Gasteiger partial charge is 0.467 e. The van der Waals surface area contributed by atoms with Crippen molar-refractivity contribution in [3.63, 3.8) is 0 Å². The predicted molar refractivity (Wildman–Crippen MR) is 100 cm³/mol. The van der Waals surface area contributed by atoms with Crippen molar-refractivity contribution >= 4 is 17.5 Å². The fraction of sp³-hybridized carbons (Fsp3) is 0.105. The highest BCUT2D eigenvalue weighted by Gasteiger charge is 2.30. The van der Waals surface area contributed by atoms with Crippen LogP contribution in [0.5, 0.6) is 0 Å². The quantitative estimate of drug-likeness (QED) is 0.429. The summed E-state index contributed by atoms with van der Waals surface area (Å²) in [6.07, 6.45) is -1.21. The van der Waals surface area contributed by atoms with E-state index in [2.05, 4.69) is 30.8 Å². The van der Waals surface area contributed by atoms with Gasteiger partial charge in [0, 0.05) is 11.9 Å². The average Bonchev–Trinajstić information content (AvgIpc) is 3.38. The topological polar surface area (TPSA) is 91.7 Å². The van der Waals surface area contributed by atoms with E-state index < -0.39 is 11.7 Å². The average molecular weight is 400 g/mol. The zero-order valence-electron chi connectivity index (χ0n) is 14.9. The van der Waals surface area contributed by atoms with Crippen molar-refractivity contribution in [2.45, 2.75) is 12.7 Å². The monoisotopic (exact) mass is 400 g/mol. The summed E-state index contributed by atoms with van der Waals surface area (Å²) in [6.45, 7) is 0.431.